The van der Waals surface area contributed by atoms with Gasteiger partial charge in [0.1, 0.15) is 11.6 Å². The summed E-state index contributed by atoms with van der Waals surface area (Å²) in [5.41, 5.74) is 3.34. The SMILES string of the molecule is Cc1cc(C=Nn2c(C)nc3cc(Cl)ccc3c2=O)c(C)n1-c1ccnn1C(C)C. The maximum atomic E-state index is 12.9. The van der Waals surface area contributed by atoms with E-state index >= 15 is 0 Å². The second kappa shape index (κ2) is 7.57. The Labute approximate surface area is 179 Å². The minimum atomic E-state index is -0.225. The van der Waals surface area contributed by atoms with Gasteiger partial charge in [-0.2, -0.15) is 14.9 Å². The smallest absolute Gasteiger partial charge is 0.282 e. The van der Waals surface area contributed by atoms with Gasteiger partial charge in [-0.1, -0.05) is 11.6 Å². The number of nitrogens with zero attached hydrogens (tertiary/aromatic N) is 6. The summed E-state index contributed by atoms with van der Waals surface area (Å²) in [6.07, 6.45) is 3.50. The van der Waals surface area contributed by atoms with E-state index in [9.17, 15) is 4.79 Å². The van der Waals surface area contributed by atoms with Crippen LogP contribution in [-0.2, 0) is 0 Å². The molecule has 0 unspecified atom stereocenters. The monoisotopic (exact) mass is 422 g/mol. The van der Waals surface area contributed by atoms with E-state index in [4.69, 9.17) is 11.6 Å². The summed E-state index contributed by atoms with van der Waals surface area (Å²) in [5.74, 6) is 1.50. The maximum Gasteiger partial charge on any atom is 0.282 e. The molecule has 0 saturated carbocycles. The van der Waals surface area contributed by atoms with Gasteiger partial charge >= 0.3 is 0 Å². The van der Waals surface area contributed by atoms with Gasteiger partial charge in [-0.05, 0) is 58.9 Å². The van der Waals surface area contributed by atoms with Gasteiger partial charge in [0.2, 0.25) is 0 Å². The van der Waals surface area contributed by atoms with Gasteiger partial charge in [-0.3, -0.25) is 4.79 Å². The number of halogens is 1. The molecule has 4 rings (SSSR count). The lowest BCUT2D eigenvalue weighted by Gasteiger charge is -2.15. The van der Waals surface area contributed by atoms with Gasteiger partial charge in [-0.15, -0.1) is 0 Å². The van der Waals surface area contributed by atoms with Crippen molar-refractivity contribution in [2.75, 3.05) is 0 Å². The number of hydrogen-bond acceptors (Lipinski definition) is 4. The normalized spacial score (nSPS) is 12.0. The van der Waals surface area contributed by atoms with Crippen LogP contribution in [0, 0.1) is 20.8 Å². The lowest BCUT2D eigenvalue weighted by molar-refractivity contribution is 0.519. The molecule has 0 spiro atoms. The quantitative estimate of drug-likeness (QED) is 0.457. The topological polar surface area (TPSA) is 70.0 Å². The van der Waals surface area contributed by atoms with Crippen LogP contribution in [0.5, 0.6) is 0 Å². The highest BCUT2D eigenvalue weighted by molar-refractivity contribution is 6.31. The van der Waals surface area contributed by atoms with Crippen LogP contribution in [0.2, 0.25) is 5.02 Å². The predicted octanol–water partition coefficient (Wildman–Crippen LogP) is 4.43. The fourth-order valence-electron chi connectivity index (χ4n) is 3.67. The lowest BCUT2D eigenvalue weighted by atomic mass is 10.2. The van der Waals surface area contributed by atoms with Crippen LogP contribution in [-0.4, -0.2) is 30.2 Å². The summed E-state index contributed by atoms with van der Waals surface area (Å²) < 4.78 is 5.44. The van der Waals surface area contributed by atoms with Crippen LogP contribution >= 0.6 is 11.6 Å². The Morgan fingerprint density at radius 1 is 1.13 bits per heavy atom. The molecule has 8 heteroatoms. The van der Waals surface area contributed by atoms with Gasteiger partial charge in [0, 0.05) is 34.1 Å². The zero-order valence-electron chi connectivity index (χ0n) is 17.6. The third-order valence-electron chi connectivity index (χ3n) is 5.12. The summed E-state index contributed by atoms with van der Waals surface area (Å²) in [6, 6.07) is 9.33. The zero-order valence-corrected chi connectivity index (χ0v) is 18.3. The molecule has 0 radical (unpaired) electrons. The molecule has 1 aromatic carbocycles. The van der Waals surface area contributed by atoms with Crippen LogP contribution in [0.15, 0.2) is 46.4 Å². The molecule has 0 saturated heterocycles. The Kier molecular flexibility index (Phi) is 5.07. The first-order valence-corrected chi connectivity index (χ1v) is 10.1. The Morgan fingerprint density at radius 2 is 1.90 bits per heavy atom. The third kappa shape index (κ3) is 3.35. The van der Waals surface area contributed by atoms with Gasteiger partial charge in [0.25, 0.3) is 5.56 Å². The molecular weight excluding hydrogens is 400 g/mol. The molecule has 3 heterocycles. The minimum absolute atomic E-state index is 0.225. The number of hydrogen-bond donors (Lipinski definition) is 0. The van der Waals surface area contributed by atoms with Crippen molar-refractivity contribution in [3.63, 3.8) is 0 Å². The van der Waals surface area contributed by atoms with Crippen molar-refractivity contribution in [1.82, 2.24) is 24.0 Å². The highest BCUT2D eigenvalue weighted by atomic mass is 35.5. The summed E-state index contributed by atoms with van der Waals surface area (Å²) in [5, 5.41) is 9.91. The number of aryl methyl sites for hydroxylation is 2. The predicted molar refractivity (Wildman–Crippen MR) is 120 cm³/mol. The Bertz CT molecular complexity index is 1340. The number of benzene rings is 1. The van der Waals surface area contributed by atoms with E-state index in [1.165, 1.54) is 4.68 Å². The van der Waals surface area contributed by atoms with E-state index in [1.807, 2.05) is 30.7 Å². The second-order valence-electron chi connectivity index (χ2n) is 7.57. The fourth-order valence-corrected chi connectivity index (χ4v) is 3.84. The van der Waals surface area contributed by atoms with Gasteiger partial charge in [0.15, 0.2) is 0 Å². The van der Waals surface area contributed by atoms with Crippen molar-refractivity contribution < 1.29 is 0 Å². The Hall–Kier alpha value is -3.19. The van der Waals surface area contributed by atoms with E-state index in [-0.39, 0.29) is 11.6 Å². The largest absolute Gasteiger partial charge is 0.303 e. The lowest BCUT2D eigenvalue weighted by Crippen LogP contribution is -2.20. The van der Waals surface area contributed by atoms with Crippen LogP contribution < -0.4 is 5.56 Å². The second-order valence-corrected chi connectivity index (χ2v) is 8.01. The molecule has 3 aromatic heterocycles. The molecule has 7 nitrogen and oxygen atoms in total. The molecule has 154 valence electrons. The first kappa shape index (κ1) is 20.1. The Balaban J connectivity index is 1.78. The van der Waals surface area contributed by atoms with E-state index < -0.39 is 0 Å². The summed E-state index contributed by atoms with van der Waals surface area (Å²) in [6.45, 7) is 10.0. The van der Waals surface area contributed by atoms with Crippen molar-refractivity contribution in [3.8, 4) is 5.82 Å². The van der Waals surface area contributed by atoms with Crippen molar-refractivity contribution in [3.05, 3.63) is 74.7 Å². The van der Waals surface area contributed by atoms with Crippen molar-refractivity contribution in [1.29, 1.82) is 0 Å². The summed E-state index contributed by atoms with van der Waals surface area (Å²) >= 11 is 6.02. The average Bonchev–Trinajstić information content (AvgIpc) is 3.25. The molecular formula is C22H23ClN6O. The van der Waals surface area contributed by atoms with Crippen molar-refractivity contribution in [2.24, 2.45) is 5.10 Å². The standard InChI is InChI=1S/C22H23ClN6O/c1-13(2)28-21(8-9-24-28)27-14(3)10-17(15(27)4)12-25-29-16(5)26-20-11-18(23)6-7-19(20)22(29)30/h6-13H,1-5H3. The molecule has 0 aliphatic heterocycles. The number of fused-ring (bicyclic) bond motifs is 1. The zero-order chi connectivity index (χ0) is 21.6. The number of rotatable bonds is 4. The first-order chi connectivity index (χ1) is 14.3. The molecule has 30 heavy (non-hydrogen) atoms. The van der Waals surface area contributed by atoms with Crippen LogP contribution in [0.25, 0.3) is 16.7 Å². The van der Waals surface area contributed by atoms with Gasteiger partial charge in [-0.25, -0.2) is 9.67 Å². The highest BCUT2D eigenvalue weighted by Gasteiger charge is 2.15. The van der Waals surface area contributed by atoms with Crippen LogP contribution in [0.1, 0.15) is 42.7 Å². The van der Waals surface area contributed by atoms with Crippen LogP contribution in [0.4, 0.5) is 0 Å². The maximum absolute atomic E-state index is 12.9. The van der Waals surface area contributed by atoms with E-state index in [2.05, 4.69) is 33.6 Å². The molecule has 0 aliphatic rings. The number of aromatic nitrogens is 5. The molecule has 0 fully saturated rings. The van der Waals surface area contributed by atoms with E-state index in [0.717, 1.165) is 22.8 Å². The molecule has 0 atom stereocenters. The molecule has 0 aliphatic carbocycles. The molecule has 0 N–H and O–H groups in total. The highest BCUT2D eigenvalue weighted by Crippen LogP contribution is 2.22. The van der Waals surface area contributed by atoms with Crippen molar-refractivity contribution in [2.45, 2.75) is 40.7 Å². The minimum Gasteiger partial charge on any atom is -0.303 e. The van der Waals surface area contributed by atoms with Crippen LogP contribution in [0.3, 0.4) is 0 Å². The Morgan fingerprint density at radius 3 is 2.63 bits per heavy atom. The summed E-state index contributed by atoms with van der Waals surface area (Å²) in [7, 11) is 0. The van der Waals surface area contributed by atoms with E-state index in [0.29, 0.717) is 21.7 Å². The third-order valence-corrected chi connectivity index (χ3v) is 5.36. The molecule has 0 amide bonds. The average molecular weight is 423 g/mol. The van der Waals surface area contributed by atoms with Gasteiger partial charge in [0.05, 0.1) is 23.3 Å². The van der Waals surface area contributed by atoms with Crippen molar-refractivity contribution >= 4 is 28.7 Å². The summed E-state index contributed by atoms with van der Waals surface area (Å²) in [4.78, 5) is 17.4. The molecule has 0 bridgehead atoms. The van der Waals surface area contributed by atoms with E-state index in [1.54, 1.807) is 37.5 Å². The van der Waals surface area contributed by atoms with Gasteiger partial charge < -0.3 is 4.57 Å². The fraction of sp³-hybridized carbons (Fsp3) is 0.273. The molecule has 4 aromatic rings. The first-order valence-electron chi connectivity index (χ1n) is 9.74.